The minimum Gasteiger partial charge on any atom is -0.479 e. The normalized spacial score (nSPS) is 15.2. The van der Waals surface area contributed by atoms with Gasteiger partial charge in [-0.1, -0.05) is 44.2 Å². The summed E-state index contributed by atoms with van der Waals surface area (Å²) in [7, 11) is -3.60. The summed E-state index contributed by atoms with van der Waals surface area (Å²) in [6, 6.07) is 21.2. The number of nitrogens with one attached hydrogen (secondary N) is 1. The zero-order valence-corrected chi connectivity index (χ0v) is 22.7. The molecule has 9 heteroatoms. The number of anilines is 2. The van der Waals surface area contributed by atoms with Crippen molar-refractivity contribution in [3.63, 3.8) is 0 Å². The molecule has 0 aromatic heterocycles. The van der Waals surface area contributed by atoms with Crippen LogP contribution in [0.1, 0.15) is 43.1 Å². The van der Waals surface area contributed by atoms with Crippen LogP contribution in [0.2, 0.25) is 0 Å². The van der Waals surface area contributed by atoms with E-state index in [1.807, 2.05) is 18.2 Å². The second-order valence-electron chi connectivity index (χ2n) is 9.09. The Morgan fingerprint density at radius 1 is 1.00 bits per heavy atom. The first kappa shape index (κ1) is 27.3. The summed E-state index contributed by atoms with van der Waals surface area (Å²) >= 11 is 0. The van der Waals surface area contributed by atoms with Crippen molar-refractivity contribution < 1.29 is 22.7 Å². The highest BCUT2D eigenvalue weighted by Gasteiger charge is 2.31. The molecule has 2 amide bonds. The zero-order valence-electron chi connectivity index (χ0n) is 21.9. The molecule has 3 aromatic carbocycles. The van der Waals surface area contributed by atoms with Gasteiger partial charge in [0.05, 0.1) is 10.6 Å². The lowest BCUT2D eigenvalue weighted by atomic mass is 10.1. The Balaban J connectivity index is 1.49. The molecular formula is C29H33N3O5S. The topological polar surface area (TPSA) is 96.0 Å². The van der Waals surface area contributed by atoms with Gasteiger partial charge in [-0.2, -0.15) is 4.31 Å². The van der Waals surface area contributed by atoms with Crippen LogP contribution in [0.15, 0.2) is 77.7 Å². The second-order valence-corrected chi connectivity index (χ2v) is 11.0. The Bertz CT molecular complexity index is 1390. The number of hydrogen-bond acceptors (Lipinski definition) is 5. The Hall–Kier alpha value is -3.69. The number of carbonyl (C=O) groups excluding carboxylic acids is 2. The quantitative estimate of drug-likeness (QED) is 0.405. The van der Waals surface area contributed by atoms with Gasteiger partial charge in [0.1, 0.15) is 5.75 Å². The van der Waals surface area contributed by atoms with Crippen molar-refractivity contribution in [3.8, 4) is 5.75 Å². The Morgan fingerprint density at radius 2 is 1.68 bits per heavy atom. The summed E-state index contributed by atoms with van der Waals surface area (Å²) in [6.07, 6.45) is 1.03. The molecular weight excluding hydrogens is 502 g/mol. The first-order valence-electron chi connectivity index (χ1n) is 12.8. The molecule has 0 saturated carbocycles. The van der Waals surface area contributed by atoms with Crippen molar-refractivity contribution >= 4 is 33.2 Å². The Labute approximate surface area is 224 Å². The SMILES string of the molecule is CCN(CC)S(=O)(=O)c1ccc(C(=O)Nc2ccc3c(c2)N(CCCc2ccccc2)C(=O)C(C)O3)cc1. The van der Waals surface area contributed by atoms with Crippen LogP contribution in [-0.2, 0) is 21.2 Å². The maximum absolute atomic E-state index is 13.0. The van der Waals surface area contributed by atoms with E-state index in [2.05, 4.69) is 17.4 Å². The van der Waals surface area contributed by atoms with Gasteiger partial charge in [-0.05, 0) is 67.8 Å². The summed E-state index contributed by atoms with van der Waals surface area (Å²) in [4.78, 5) is 27.7. The largest absolute Gasteiger partial charge is 0.479 e. The summed E-state index contributed by atoms with van der Waals surface area (Å²) in [5.74, 6) is 0.0728. The number of ether oxygens (including phenoxy) is 1. The third-order valence-electron chi connectivity index (χ3n) is 6.57. The van der Waals surface area contributed by atoms with Crippen molar-refractivity contribution in [2.24, 2.45) is 0 Å². The van der Waals surface area contributed by atoms with Crippen molar-refractivity contribution in [2.75, 3.05) is 29.9 Å². The molecule has 1 atom stereocenters. The molecule has 8 nitrogen and oxygen atoms in total. The molecule has 4 rings (SSSR count). The van der Waals surface area contributed by atoms with Crippen LogP contribution in [-0.4, -0.2) is 50.3 Å². The van der Waals surface area contributed by atoms with Gasteiger partial charge < -0.3 is 15.0 Å². The van der Waals surface area contributed by atoms with E-state index in [0.717, 1.165) is 12.8 Å². The molecule has 38 heavy (non-hydrogen) atoms. The van der Waals surface area contributed by atoms with Crippen LogP contribution in [0.3, 0.4) is 0 Å². The van der Waals surface area contributed by atoms with Crippen molar-refractivity contribution in [1.82, 2.24) is 4.31 Å². The summed E-state index contributed by atoms with van der Waals surface area (Å²) in [5.41, 5.74) is 2.65. The maximum atomic E-state index is 13.0. The van der Waals surface area contributed by atoms with Crippen molar-refractivity contribution in [1.29, 1.82) is 0 Å². The average Bonchev–Trinajstić information content (AvgIpc) is 2.92. The molecule has 1 aliphatic rings. The smallest absolute Gasteiger partial charge is 0.267 e. The minimum atomic E-state index is -3.60. The molecule has 0 saturated heterocycles. The van der Waals surface area contributed by atoms with Gasteiger partial charge in [0.2, 0.25) is 10.0 Å². The number of benzene rings is 3. The first-order valence-corrected chi connectivity index (χ1v) is 14.3. The summed E-state index contributed by atoms with van der Waals surface area (Å²) < 4.78 is 32.6. The van der Waals surface area contributed by atoms with Crippen LogP contribution >= 0.6 is 0 Å². The highest BCUT2D eigenvalue weighted by atomic mass is 32.2. The Morgan fingerprint density at radius 3 is 2.34 bits per heavy atom. The standard InChI is InChI=1S/C29H33N3O5S/c1-4-31(5-2)38(35,36)25-16-13-23(14-17-25)28(33)30-24-15-18-27-26(20-24)32(29(34)21(3)37-27)19-9-12-22-10-7-6-8-11-22/h6-8,10-11,13-18,20-21H,4-5,9,12,19H2,1-3H3,(H,30,33). The highest BCUT2D eigenvalue weighted by Crippen LogP contribution is 2.36. The number of hydrogen-bond donors (Lipinski definition) is 1. The van der Waals surface area contributed by atoms with Crippen LogP contribution < -0.4 is 15.0 Å². The van der Waals surface area contributed by atoms with E-state index in [9.17, 15) is 18.0 Å². The molecule has 1 aliphatic heterocycles. The number of rotatable bonds is 10. The molecule has 1 heterocycles. The molecule has 3 aromatic rings. The molecule has 0 aliphatic carbocycles. The van der Waals surface area contributed by atoms with E-state index in [0.29, 0.717) is 42.3 Å². The number of fused-ring (bicyclic) bond motifs is 1. The molecule has 0 bridgehead atoms. The molecule has 200 valence electrons. The van der Waals surface area contributed by atoms with Crippen LogP contribution in [0, 0.1) is 0 Å². The van der Waals surface area contributed by atoms with Crippen LogP contribution in [0.4, 0.5) is 11.4 Å². The Kier molecular flexibility index (Phi) is 8.48. The third-order valence-corrected chi connectivity index (χ3v) is 8.64. The van der Waals surface area contributed by atoms with Crippen molar-refractivity contribution in [2.45, 2.75) is 44.6 Å². The van der Waals surface area contributed by atoms with E-state index >= 15 is 0 Å². The van der Waals surface area contributed by atoms with E-state index < -0.39 is 16.1 Å². The number of sulfonamides is 1. The van der Waals surface area contributed by atoms with E-state index in [-0.39, 0.29) is 16.7 Å². The van der Waals surface area contributed by atoms with Gasteiger partial charge in [0.25, 0.3) is 11.8 Å². The fourth-order valence-corrected chi connectivity index (χ4v) is 5.95. The third kappa shape index (κ3) is 5.89. The summed E-state index contributed by atoms with van der Waals surface area (Å²) in [5, 5.41) is 2.85. The van der Waals surface area contributed by atoms with Gasteiger partial charge in [-0.3, -0.25) is 9.59 Å². The molecule has 0 fully saturated rings. The highest BCUT2D eigenvalue weighted by molar-refractivity contribution is 7.89. The van der Waals surface area contributed by atoms with Gasteiger partial charge in [-0.15, -0.1) is 0 Å². The van der Waals surface area contributed by atoms with Gasteiger partial charge in [0, 0.05) is 30.9 Å². The monoisotopic (exact) mass is 535 g/mol. The average molecular weight is 536 g/mol. The predicted molar refractivity (Wildman–Crippen MR) is 148 cm³/mol. The van der Waals surface area contributed by atoms with E-state index in [1.165, 1.54) is 34.1 Å². The summed E-state index contributed by atoms with van der Waals surface area (Å²) in [6.45, 7) is 6.56. The van der Waals surface area contributed by atoms with Crippen LogP contribution in [0.25, 0.3) is 0 Å². The predicted octanol–water partition coefficient (Wildman–Crippen LogP) is 4.72. The molecule has 1 N–H and O–H groups in total. The molecule has 0 spiro atoms. The lowest BCUT2D eigenvalue weighted by molar-refractivity contribution is -0.125. The second kappa shape index (κ2) is 11.8. The minimum absolute atomic E-state index is 0.126. The van der Waals surface area contributed by atoms with Gasteiger partial charge in [0.15, 0.2) is 6.10 Å². The number of aryl methyl sites for hydroxylation is 1. The van der Waals surface area contributed by atoms with Gasteiger partial charge in [-0.25, -0.2) is 8.42 Å². The number of carbonyl (C=O) groups is 2. The van der Waals surface area contributed by atoms with Crippen LogP contribution in [0.5, 0.6) is 5.75 Å². The lowest BCUT2D eigenvalue weighted by Crippen LogP contribution is -2.45. The van der Waals surface area contributed by atoms with E-state index in [1.54, 1.807) is 43.9 Å². The van der Waals surface area contributed by atoms with Gasteiger partial charge >= 0.3 is 0 Å². The molecule has 0 radical (unpaired) electrons. The number of amides is 2. The fourth-order valence-electron chi connectivity index (χ4n) is 4.50. The van der Waals surface area contributed by atoms with E-state index in [4.69, 9.17) is 4.74 Å². The lowest BCUT2D eigenvalue weighted by Gasteiger charge is -2.33. The van der Waals surface area contributed by atoms with Crippen molar-refractivity contribution in [3.05, 3.63) is 83.9 Å². The molecule has 1 unspecified atom stereocenters. The number of nitrogens with zero attached hydrogens (tertiary/aromatic N) is 2. The zero-order chi connectivity index (χ0) is 27.3. The fraction of sp³-hybridized carbons (Fsp3) is 0.310. The maximum Gasteiger partial charge on any atom is 0.267 e. The first-order chi connectivity index (χ1) is 18.2.